The molecule has 0 aliphatic carbocycles. The Kier molecular flexibility index (Phi) is 10.7. The van der Waals surface area contributed by atoms with Gasteiger partial charge in [0.2, 0.25) is 0 Å². The van der Waals surface area contributed by atoms with Crippen molar-refractivity contribution in [1.29, 1.82) is 0 Å². The first-order valence-electron chi connectivity index (χ1n) is 13.6. The number of carbonyl (C=O) groups excluding carboxylic acids is 1. The molecule has 0 aliphatic rings. The number of anilines is 1. The van der Waals surface area contributed by atoms with E-state index < -0.39 is 22.5 Å². The van der Waals surface area contributed by atoms with E-state index in [0.29, 0.717) is 33.9 Å². The molecule has 0 fully saturated rings. The van der Waals surface area contributed by atoms with E-state index in [1.54, 1.807) is 42.5 Å². The molecule has 0 atom stereocenters. The average molecular weight is 681 g/mol. The lowest BCUT2D eigenvalue weighted by molar-refractivity contribution is -0.119. The summed E-state index contributed by atoms with van der Waals surface area (Å²) in [6.45, 7) is 5.54. The zero-order valence-corrected chi connectivity index (χ0v) is 27.5. The zero-order valence-electron chi connectivity index (χ0n) is 25.1. The number of rotatable bonds is 12. The van der Waals surface area contributed by atoms with Crippen LogP contribution >= 0.6 is 15.9 Å². The van der Waals surface area contributed by atoms with E-state index >= 15 is 0 Å². The Bertz CT molecular complexity index is 1760. The topological polar surface area (TPSA) is 107 Å². The van der Waals surface area contributed by atoms with Crippen molar-refractivity contribution < 1.29 is 27.4 Å². The van der Waals surface area contributed by atoms with Gasteiger partial charge in [-0.3, -0.25) is 9.10 Å². The quantitative estimate of drug-likeness (QED) is 0.139. The summed E-state index contributed by atoms with van der Waals surface area (Å²) in [4.78, 5) is 13.1. The molecule has 4 aromatic carbocycles. The van der Waals surface area contributed by atoms with E-state index in [9.17, 15) is 13.2 Å². The summed E-state index contributed by atoms with van der Waals surface area (Å²) in [6.07, 6.45) is 1.43. The molecule has 9 nitrogen and oxygen atoms in total. The Morgan fingerprint density at radius 3 is 2.11 bits per heavy atom. The first-order valence-corrected chi connectivity index (χ1v) is 15.9. The minimum atomic E-state index is -4.14. The highest BCUT2D eigenvalue weighted by molar-refractivity contribution is 9.10. The molecule has 0 bridgehead atoms. The van der Waals surface area contributed by atoms with Crippen LogP contribution in [0.5, 0.6) is 17.2 Å². The predicted octanol–water partition coefficient (Wildman–Crippen LogP) is 6.32. The summed E-state index contributed by atoms with van der Waals surface area (Å²) in [5.74, 6) is 0.660. The Morgan fingerprint density at radius 1 is 0.864 bits per heavy atom. The standard InChI is InChI=1S/C33H34BrN3O6S/c1-22-6-11-25(12-7-22)21-43-33-28(34)17-26(18-31(33)42-5)19-35-36-32(38)20-37(29-16-24(3)10-15-30(29)41-4)44(39,40)27-13-8-23(2)9-14-27/h6-19H,20-21H2,1-5H3,(H,36,38)/b35-19-. The van der Waals surface area contributed by atoms with Gasteiger partial charge in [0.15, 0.2) is 11.5 Å². The second kappa shape index (κ2) is 14.4. The summed E-state index contributed by atoms with van der Waals surface area (Å²) in [6, 6.07) is 23.1. The van der Waals surface area contributed by atoms with Gasteiger partial charge in [-0.2, -0.15) is 5.10 Å². The van der Waals surface area contributed by atoms with Gasteiger partial charge in [-0.15, -0.1) is 0 Å². The Balaban J connectivity index is 1.53. The fourth-order valence-corrected chi connectivity index (χ4v) is 6.27. The lowest BCUT2D eigenvalue weighted by Crippen LogP contribution is -2.39. The van der Waals surface area contributed by atoms with Crippen molar-refractivity contribution in [3.63, 3.8) is 0 Å². The van der Waals surface area contributed by atoms with Gasteiger partial charge in [-0.25, -0.2) is 13.8 Å². The van der Waals surface area contributed by atoms with Crippen molar-refractivity contribution in [1.82, 2.24) is 5.43 Å². The SMILES string of the molecule is COc1ccc(C)cc1N(CC(=O)N/N=C\c1cc(Br)c(OCc2ccc(C)cc2)c(OC)c1)S(=O)(=O)c1ccc(C)cc1. The maximum atomic E-state index is 13.8. The summed E-state index contributed by atoms with van der Waals surface area (Å²) in [5.41, 5.74) is 7.17. The van der Waals surface area contributed by atoms with Crippen LogP contribution in [0.4, 0.5) is 5.69 Å². The van der Waals surface area contributed by atoms with Crippen molar-refractivity contribution in [2.45, 2.75) is 32.3 Å². The van der Waals surface area contributed by atoms with E-state index in [0.717, 1.165) is 21.0 Å². The Morgan fingerprint density at radius 2 is 1.48 bits per heavy atom. The van der Waals surface area contributed by atoms with Crippen LogP contribution in [0.15, 0.2) is 93.3 Å². The first kappa shape index (κ1) is 32.6. The number of amides is 1. The van der Waals surface area contributed by atoms with Gasteiger partial charge in [-0.05, 0) is 89.8 Å². The number of hydrazone groups is 1. The number of nitrogens with one attached hydrogen (secondary N) is 1. The first-order chi connectivity index (χ1) is 21.0. The van der Waals surface area contributed by atoms with Crippen molar-refractivity contribution >= 4 is 43.8 Å². The number of benzene rings is 4. The van der Waals surface area contributed by atoms with E-state index in [1.807, 2.05) is 45.0 Å². The molecule has 230 valence electrons. The number of ether oxygens (including phenoxy) is 3. The highest BCUT2D eigenvalue weighted by Gasteiger charge is 2.29. The number of hydrogen-bond donors (Lipinski definition) is 1. The molecule has 4 aromatic rings. The van der Waals surface area contributed by atoms with Gasteiger partial charge < -0.3 is 14.2 Å². The molecule has 11 heteroatoms. The number of hydrogen-bond acceptors (Lipinski definition) is 7. The molecule has 1 amide bonds. The van der Waals surface area contributed by atoms with Crippen molar-refractivity contribution in [3.05, 3.63) is 111 Å². The van der Waals surface area contributed by atoms with Crippen molar-refractivity contribution in [2.24, 2.45) is 5.10 Å². The van der Waals surface area contributed by atoms with Crippen LogP contribution in [0.25, 0.3) is 0 Å². The lowest BCUT2D eigenvalue weighted by atomic mass is 10.2. The Labute approximate surface area is 266 Å². The smallest absolute Gasteiger partial charge is 0.264 e. The molecule has 0 heterocycles. The maximum Gasteiger partial charge on any atom is 0.264 e. The van der Waals surface area contributed by atoms with Gasteiger partial charge in [0, 0.05) is 0 Å². The fourth-order valence-electron chi connectivity index (χ4n) is 4.27. The van der Waals surface area contributed by atoms with E-state index in [4.69, 9.17) is 14.2 Å². The van der Waals surface area contributed by atoms with Crippen LogP contribution in [0.1, 0.15) is 27.8 Å². The molecule has 0 unspecified atom stereocenters. The number of sulfonamides is 1. The van der Waals surface area contributed by atoms with E-state index in [2.05, 4.69) is 26.5 Å². The highest BCUT2D eigenvalue weighted by atomic mass is 79.9. The number of carbonyl (C=O) groups is 1. The lowest BCUT2D eigenvalue weighted by Gasteiger charge is -2.25. The van der Waals surface area contributed by atoms with Crippen LogP contribution in [-0.2, 0) is 21.4 Å². The third-order valence-electron chi connectivity index (χ3n) is 6.66. The third-order valence-corrected chi connectivity index (χ3v) is 9.02. The summed E-state index contributed by atoms with van der Waals surface area (Å²) in [7, 11) is -1.16. The molecule has 0 saturated heterocycles. The van der Waals surface area contributed by atoms with Gasteiger partial charge in [0.05, 0.1) is 35.5 Å². The summed E-state index contributed by atoms with van der Waals surface area (Å²) in [5, 5.41) is 4.07. The molecular weight excluding hydrogens is 646 g/mol. The second-order valence-corrected chi connectivity index (χ2v) is 12.8. The van der Waals surface area contributed by atoms with Crippen LogP contribution < -0.4 is 23.9 Å². The highest BCUT2D eigenvalue weighted by Crippen LogP contribution is 2.37. The van der Waals surface area contributed by atoms with E-state index in [-0.39, 0.29) is 10.6 Å². The van der Waals surface area contributed by atoms with Crippen LogP contribution in [0.3, 0.4) is 0 Å². The number of aryl methyl sites for hydroxylation is 3. The molecule has 0 radical (unpaired) electrons. The Hall–Kier alpha value is -4.35. The molecule has 0 spiro atoms. The van der Waals surface area contributed by atoms with Crippen LogP contribution in [0.2, 0.25) is 0 Å². The fraction of sp³-hybridized carbons (Fsp3) is 0.212. The second-order valence-electron chi connectivity index (χ2n) is 10.1. The van der Waals surface area contributed by atoms with Crippen LogP contribution in [-0.4, -0.2) is 41.3 Å². The number of nitrogens with zero attached hydrogens (tertiary/aromatic N) is 2. The number of methoxy groups -OCH3 is 2. The van der Waals surface area contributed by atoms with E-state index in [1.165, 1.54) is 38.1 Å². The molecular formula is C33H34BrN3O6S. The third kappa shape index (κ3) is 7.97. The zero-order chi connectivity index (χ0) is 31.9. The van der Waals surface area contributed by atoms with Gasteiger partial charge in [0.1, 0.15) is 18.9 Å². The number of halogens is 1. The maximum absolute atomic E-state index is 13.8. The molecule has 4 rings (SSSR count). The minimum Gasteiger partial charge on any atom is -0.495 e. The molecule has 1 N–H and O–H groups in total. The molecule has 0 aliphatic heterocycles. The van der Waals surface area contributed by atoms with Gasteiger partial charge >= 0.3 is 0 Å². The van der Waals surface area contributed by atoms with Crippen molar-refractivity contribution in [3.8, 4) is 17.2 Å². The van der Waals surface area contributed by atoms with Crippen molar-refractivity contribution in [2.75, 3.05) is 25.1 Å². The van der Waals surface area contributed by atoms with Gasteiger partial charge in [-0.1, -0.05) is 53.6 Å². The minimum absolute atomic E-state index is 0.0459. The normalized spacial score (nSPS) is 11.3. The molecule has 44 heavy (non-hydrogen) atoms. The molecule has 0 saturated carbocycles. The van der Waals surface area contributed by atoms with Gasteiger partial charge in [0.25, 0.3) is 15.9 Å². The summed E-state index contributed by atoms with van der Waals surface area (Å²) >= 11 is 3.53. The molecule has 0 aromatic heterocycles. The monoisotopic (exact) mass is 679 g/mol. The summed E-state index contributed by atoms with van der Waals surface area (Å²) < 4.78 is 46.2. The largest absolute Gasteiger partial charge is 0.495 e. The van der Waals surface area contributed by atoms with Crippen LogP contribution in [0, 0.1) is 20.8 Å². The average Bonchev–Trinajstić information content (AvgIpc) is 3.00. The predicted molar refractivity (Wildman–Crippen MR) is 175 cm³/mol.